The highest BCUT2D eigenvalue weighted by Crippen LogP contribution is 2.32. The van der Waals surface area contributed by atoms with Crippen LogP contribution in [0.2, 0.25) is 5.15 Å². The highest BCUT2D eigenvalue weighted by molar-refractivity contribution is 6.29. The molecular formula is C13H17ClN4O. The minimum absolute atomic E-state index is 0.0166. The molecule has 0 aromatic carbocycles. The summed E-state index contributed by atoms with van der Waals surface area (Å²) in [4.78, 5) is 12.0. The fourth-order valence-corrected chi connectivity index (χ4v) is 3.28. The molecule has 0 radical (unpaired) electrons. The van der Waals surface area contributed by atoms with Gasteiger partial charge in [-0.25, -0.2) is 0 Å². The highest BCUT2D eigenvalue weighted by Gasteiger charge is 2.34. The molecule has 0 saturated carbocycles. The second-order valence-corrected chi connectivity index (χ2v) is 5.86. The van der Waals surface area contributed by atoms with E-state index in [1.807, 2.05) is 0 Å². The lowest BCUT2D eigenvalue weighted by atomic mass is 9.89. The van der Waals surface area contributed by atoms with Gasteiger partial charge in [-0.2, -0.15) is 0 Å². The molecule has 3 heterocycles. The molecule has 0 aliphatic carbocycles. The van der Waals surface area contributed by atoms with Gasteiger partial charge in [0.1, 0.15) is 0 Å². The third-order valence-electron chi connectivity index (χ3n) is 3.94. The number of fused-ring (bicyclic) bond motifs is 2. The van der Waals surface area contributed by atoms with E-state index in [-0.39, 0.29) is 5.91 Å². The van der Waals surface area contributed by atoms with Crippen molar-refractivity contribution in [3.63, 3.8) is 0 Å². The molecule has 102 valence electrons. The van der Waals surface area contributed by atoms with Crippen molar-refractivity contribution in [2.75, 3.05) is 5.32 Å². The summed E-state index contributed by atoms with van der Waals surface area (Å²) in [5.74, 6) is 0.966. The Morgan fingerprint density at radius 3 is 2.68 bits per heavy atom. The minimum Gasteiger partial charge on any atom is -0.311 e. The van der Waals surface area contributed by atoms with E-state index in [1.54, 1.807) is 12.1 Å². The van der Waals surface area contributed by atoms with Gasteiger partial charge < -0.3 is 10.6 Å². The maximum atomic E-state index is 12.0. The van der Waals surface area contributed by atoms with Crippen LogP contribution in [-0.4, -0.2) is 28.2 Å². The SMILES string of the molecule is O=C(CC1CC2CCC(C1)N2)Nc1ccc(Cl)nn1. The van der Waals surface area contributed by atoms with Gasteiger partial charge in [-0.05, 0) is 43.7 Å². The van der Waals surface area contributed by atoms with Gasteiger partial charge in [-0.3, -0.25) is 4.79 Å². The van der Waals surface area contributed by atoms with E-state index in [0.717, 1.165) is 12.8 Å². The zero-order valence-electron chi connectivity index (χ0n) is 10.6. The fourth-order valence-electron chi connectivity index (χ4n) is 3.18. The first-order chi connectivity index (χ1) is 9.19. The van der Waals surface area contributed by atoms with E-state index >= 15 is 0 Å². The number of amides is 1. The van der Waals surface area contributed by atoms with Crippen LogP contribution >= 0.6 is 11.6 Å². The standard InChI is InChI=1S/C13H17ClN4O/c14-11-3-4-12(18-17-11)16-13(19)7-8-5-9-1-2-10(6-8)15-9/h3-4,8-10,15H,1-2,5-7H2,(H,16,18,19). The zero-order chi connectivity index (χ0) is 13.2. The molecule has 5 nitrogen and oxygen atoms in total. The summed E-state index contributed by atoms with van der Waals surface area (Å²) in [5, 5.41) is 14.2. The molecule has 2 bridgehead atoms. The average molecular weight is 281 g/mol. The molecule has 19 heavy (non-hydrogen) atoms. The lowest BCUT2D eigenvalue weighted by Gasteiger charge is -2.28. The van der Waals surface area contributed by atoms with Crippen LogP contribution < -0.4 is 10.6 Å². The topological polar surface area (TPSA) is 66.9 Å². The number of nitrogens with zero attached hydrogens (tertiary/aromatic N) is 2. The summed E-state index contributed by atoms with van der Waals surface area (Å²) in [6, 6.07) is 4.52. The van der Waals surface area contributed by atoms with Crippen molar-refractivity contribution < 1.29 is 4.79 Å². The van der Waals surface area contributed by atoms with Crippen LogP contribution in [-0.2, 0) is 4.79 Å². The predicted molar refractivity (Wildman–Crippen MR) is 73.0 cm³/mol. The molecule has 1 amide bonds. The summed E-state index contributed by atoms with van der Waals surface area (Å²) in [6.07, 6.45) is 5.29. The van der Waals surface area contributed by atoms with Crippen molar-refractivity contribution in [1.29, 1.82) is 0 Å². The maximum Gasteiger partial charge on any atom is 0.225 e. The van der Waals surface area contributed by atoms with Gasteiger partial charge >= 0.3 is 0 Å². The van der Waals surface area contributed by atoms with E-state index < -0.39 is 0 Å². The number of hydrogen-bond acceptors (Lipinski definition) is 4. The molecule has 3 rings (SSSR count). The Morgan fingerprint density at radius 2 is 2.05 bits per heavy atom. The smallest absolute Gasteiger partial charge is 0.225 e. The van der Waals surface area contributed by atoms with Crippen molar-refractivity contribution >= 4 is 23.3 Å². The summed E-state index contributed by atoms with van der Waals surface area (Å²) >= 11 is 5.65. The third kappa shape index (κ3) is 3.22. The fraction of sp³-hybridized carbons (Fsp3) is 0.615. The van der Waals surface area contributed by atoms with Crippen LogP contribution in [0.4, 0.5) is 5.82 Å². The average Bonchev–Trinajstić information content (AvgIpc) is 2.72. The first-order valence-electron chi connectivity index (χ1n) is 6.74. The molecule has 1 aromatic rings. The van der Waals surface area contributed by atoms with Crippen LogP contribution in [0, 0.1) is 5.92 Å². The number of nitrogens with one attached hydrogen (secondary N) is 2. The number of carbonyl (C=O) groups is 1. The Hall–Kier alpha value is -1.20. The monoisotopic (exact) mass is 280 g/mol. The van der Waals surface area contributed by atoms with Crippen LogP contribution in [0.15, 0.2) is 12.1 Å². The normalized spacial score (nSPS) is 29.2. The minimum atomic E-state index is 0.0166. The number of carbonyl (C=O) groups excluding carboxylic acids is 1. The molecule has 6 heteroatoms. The van der Waals surface area contributed by atoms with Gasteiger partial charge in [-0.15, -0.1) is 10.2 Å². The largest absolute Gasteiger partial charge is 0.311 e. The molecule has 2 N–H and O–H groups in total. The molecule has 2 aliphatic heterocycles. The molecular weight excluding hydrogens is 264 g/mol. The predicted octanol–water partition coefficient (Wildman–Crippen LogP) is 1.99. The molecule has 0 spiro atoms. The molecule has 2 atom stereocenters. The van der Waals surface area contributed by atoms with E-state index in [2.05, 4.69) is 20.8 Å². The Kier molecular flexibility index (Phi) is 3.66. The van der Waals surface area contributed by atoms with Crippen molar-refractivity contribution in [3.05, 3.63) is 17.3 Å². The van der Waals surface area contributed by atoms with Gasteiger partial charge in [0, 0.05) is 18.5 Å². The van der Waals surface area contributed by atoms with Crippen LogP contribution in [0.3, 0.4) is 0 Å². The van der Waals surface area contributed by atoms with E-state index in [9.17, 15) is 4.79 Å². The number of anilines is 1. The quantitative estimate of drug-likeness (QED) is 0.889. The summed E-state index contributed by atoms with van der Waals surface area (Å²) in [5.41, 5.74) is 0. The van der Waals surface area contributed by atoms with Gasteiger partial charge in [-0.1, -0.05) is 11.6 Å². The Bertz CT molecular complexity index is 452. The van der Waals surface area contributed by atoms with Crippen LogP contribution in [0.1, 0.15) is 32.1 Å². The lowest BCUT2D eigenvalue weighted by Crippen LogP contribution is -2.39. The number of rotatable bonds is 3. The molecule has 2 fully saturated rings. The zero-order valence-corrected chi connectivity index (χ0v) is 11.4. The van der Waals surface area contributed by atoms with E-state index in [4.69, 9.17) is 11.6 Å². The van der Waals surface area contributed by atoms with Gasteiger partial charge in [0.15, 0.2) is 11.0 Å². The van der Waals surface area contributed by atoms with Crippen LogP contribution in [0.5, 0.6) is 0 Å². The van der Waals surface area contributed by atoms with Crippen LogP contribution in [0.25, 0.3) is 0 Å². The second kappa shape index (κ2) is 5.43. The summed E-state index contributed by atoms with van der Waals surface area (Å²) in [6.45, 7) is 0. The molecule has 2 saturated heterocycles. The van der Waals surface area contributed by atoms with E-state index in [0.29, 0.717) is 35.4 Å². The second-order valence-electron chi connectivity index (χ2n) is 5.47. The number of piperidine rings is 1. The first-order valence-corrected chi connectivity index (χ1v) is 7.12. The number of aromatic nitrogens is 2. The Labute approximate surface area is 117 Å². The third-order valence-corrected chi connectivity index (χ3v) is 4.15. The Balaban J connectivity index is 1.52. The Morgan fingerprint density at radius 1 is 1.32 bits per heavy atom. The van der Waals surface area contributed by atoms with E-state index in [1.165, 1.54) is 12.8 Å². The summed E-state index contributed by atoms with van der Waals surface area (Å²) < 4.78 is 0. The summed E-state index contributed by atoms with van der Waals surface area (Å²) in [7, 11) is 0. The number of hydrogen-bond donors (Lipinski definition) is 2. The maximum absolute atomic E-state index is 12.0. The van der Waals surface area contributed by atoms with Gasteiger partial charge in [0.2, 0.25) is 5.91 Å². The first kappa shape index (κ1) is 12.8. The van der Waals surface area contributed by atoms with Crippen molar-refractivity contribution in [2.45, 2.75) is 44.2 Å². The van der Waals surface area contributed by atoms with Crippen molar-refractivity contribution in [3.8, 4) is 0 Å². The van der Waals surface area contributed by atoms with Gasteiger partial charge in [0.05, 0.1) is 0 Å². The van der Waals surface area contributed by atoms with Crippen molar-refractivity contribution in [2.24, 2.45) is 5.92 Å². The highest BCUT2D eigenvalue weighted by atomic mass is 35.5. The number of halogens is 1. The van der Waals surface area contributed by atoms with Gasteiger partial charge in [0.25, 0.3) is 0 Å². The lowest BCUT2D eigenvalue weighted by molar-refractivity contribution is -0.117. The van der Waals surface area contributed by atoms with Crippen molar-refractivity contribution in [1.82, 2.24) is 15.5 Å². The molecule has 2 aliphatic rings. The molecule has 2 unspecified atom stereocenters. The molecule has 1 aromatic heterocycles.